The number of amides is 3. The van der Waals surface area contributed by atoms with E-state index in [0.717, 1.165) is 24.2 Å². The maximum atomic E-state index is 13.4. The summed E-state index contributed by atoms with van der Waals surface area (Å²) in [5.74, 6) is 0.602. The average molecular weight is 450 g/mol. The third-order valence-electron chi connectivity index (χ3n) is 6.41. The molecule has 1 saturated heterocycles. The second-order valence-electron chi connectivity index (χ2n) is 8.43. The van der Waals surface area contributed by atoms with E-state index in [1.54, 1.807) is 25.3 Å². The molecule has 3 aliphatic heterocycles. The van der Waals surface area contributed by atoms with Crippen molar-refractivity contribution in [3.63, 3.8) is 0 Å². The molecule has 2 aromatic rings. The molecule has 5 rings (SSSR count). The first-order valence-corrected chi connectivity index (χ1v) is 11.3. The Labute approximate surface area is 192 Å². The summed E-state index contributed by atoms with van der Waals surface area (Å²) in [6, 6.07) is 10.5. The van der Waals surface area contributed by atoms with E-state index < -0.39 is 0 Å². The molecule has 3 heterocycles. The van der Waals surface area contributed by atoms with Gasteiger partial charge in [0.15, 0.2) is 11.5 Å². The predicted octanol–water partition coefficient (Wildman–Crippen LogP) is 3.07. The summed E-state index contributed by atoms with van der Waals surface area (Å²) in [6.07, 6.45) is 2.31. The number of carbonyl (C=O) groups is 3. The van der Waals surface area contributed by atoms with Gasteiger partial charge in [0.1, 0.15) is 13.2 Å². The highest BCUT2D eigenvalue weighted by Crippen LogP contribution is 2.39. The Hall–Kier alpha value is -3.39. The number of likely N-dealkylation sites (tertiary alicyclic amines) is 1. The van der Waals surface area contributed by atoms with Crippen LogP contribution < -0.4 is 9.47 Å². The fourth-order valence-corrected chi connectivity index (χ4v) is 4.78. The van der Waals surface area contributed by atoms with E-state index in [9.17, 15) is 14.4 Å². The van der Waals surface area contributed by atoms with Crippen molar-refractivity contribution < 1.29 is 28.6 Å². The van der Waals surface area contributed by atoms with E-state index >= 15 is 0 Å². The molecule has 172 valence electrons. The first kappa shape index (κ1) is 21.5. The van der Waals surface area contributed by atoms with Gasteiger partial charge in [-0.2, -0.15) is 0 Å². The molecule has 8 heteroatoms. The normalized spacial score (nSPS) is 19.2. The number of carbonyl (C=O) groups excluding carboxylic acids is 3. The SMILES string of the molecule is COCCCN1C(=O)c2ccc(C(=O)N3CCC[C@@H]3c3ccc4c(c3)OCCO4)cc2C1=O. The maximum Gasteiger partial charge on any atom is 0.261 e. The number of imide groups is 1. The van der Waals surface area contributed by atoms with Crippen molar-refractivity contribution in [3.8, 4) is 11.5 Å². The number of hydrogen-bond donors (Lipinski definition) is 0. The molecule has 0 spiro atoms. The fourth-order valence-electron chi connectivity index (χ4n) is 4.78. The molecular weight excluding hydrogens is 424 g/mol. The lowest BCUT2D eigenvalue weighted by Crippen LogP contribution is -2.31. The van der Waals surface area contributed by atoms with Gasteiger partial charge >= 0.3 is 0 Å². The predicted molar refractivity (Wildman–Crippen MR) is 119 cm³/mol. The number of benzene rings is 2. The van der Waals surface area contributed by atoms with Gasteiger partial charge in [-0.15, -0.1) is 0 Å². The summed E-state index contributed by atoms with van der Waals surface area (Å²) < 4.78 is 16.3. The summed E-state index contributed by atoms with van der Waals surface area (Å²) in [4.78, 5) is 42.0. The van der Waals surface area contributed by atoms with Crippen molar-refractivity contribution in [2.75, 3.05) is 40.0 Å². The largest absolute Gasteiger partial charge is 0.486 e. The van der Waals surface area contributed by atoms with Gasteiger partial charge in [0, 0.05) is 32.4 Å². The Morgan fingerprint density at radius 3 is 2.64 bits per heavy atom. The van der Waals surface area contributed by atoms with Crippen LogP contribution in [-0.4, -0.2) is 67.5 Å². The zero-order valence-electron chi connectivity index (χ0n) is 18.5. The molecule has 3 amide bonds. The van der Waals surface area contributed by atoms with E-state index in [-0.39, 0.29) is 23.8 Å². The minimum Gasteiger partial charge on any atom is -0.486 e. The number of fused-ring (bicyclic) bond motifs is 2. The van der Waals surface area contributed by atoms with Crippen molar-refractivity contribution in [2.45, 2.75) is 25.3 Å². The smallest absolute Gasteiger partial charge is 0.261 e. The molecule has 0 N–H and O–H groups in total. The molecule has 0 aliphatic carbocycles. The third-order valence-corrected chi connectivity index (χ3v) is 6.41. The van der Waals surface area contributed by atoms with Gasteiger partial charge in [0.2, 0.25) is 0 Å². The number of ether oxygens (including phenoxy) is 3. The first-order chi connectivity index (χ1) is 16.1. The summed E-state index contributed by atoms with van der Waals surface area (Å²) in [6.45, 7) is 2.43. The van der Waals surface area contributed by atoms with Crippen molar-refractivity contribution in [1.82, 2.24) is 9.80 Å². The highest BCUT2D eigenvalue weighted by Gasteiger charge is 2.37. The molecular formula is C25H26N2O6. The summed E-state index contributed by atoms with van der Waals surface area (Å²) in [5, 5.41) is 0. The van der Waals surface area contributed by atoms with Gasteiger partial charge in [-0.05, 0) is 55.2 Å². The van der Waals surface area contributed by atoms with Crippen LogP contribution in [0.2, 0.25) is 0 Å². The highest BCUT2D eigenvalue weighted by molar-refractivity contribution is 6.22. The third kappa shape index (κ3) is 3.84. The quantitative estimate of drug-likeness (QED) is 0.497. The highest BCUT2D eigenvalue weighted by atomic mass is 16.6. The molecule has 33 heavy (non-hydrogen) atoms. The van der Waals surface area contributed by atoms with Gasteiger partial charge in [-0.3, -0.25) is 19.3 Å². The Balaban J connectivity index is 1.37. The van der Waals surface area contributed by atoms with E-state index in [0.29, 0.717) is 61.8 Å². The van der Waals surface area contributed by atoms with Crippen LogP contribution in [0, 0.1) is 0 Å². The first-order valence-electron chi connectivity index (χ1n) is 11.3. The van der Waals surface area contributed by atoms with Crippen LogP contribution in [0.5, 0.6) is 11.5 Å². The van der Waals surface area contributed by atoms with E-state index in [1.165, 1.54) is 4.90 Å². The summed E-state index contributed by atoms with van der Waals surface area (Å²) in [5.41, 5.74) is 2.05. The van der Waals surface area contributed by atoms with Crippen molar-refractivity contribution >= 4 is 17.7 Å². The molecule has 0 aromatic heterocycles. The van der Waals surface area contributed by atoms with Crippen molar-refractivity contribution in [2.24, 2.45) is 0 Å². The fraction of sp³-hybridized carbons (Fsp3) is 0.400. The zero-order valence-corrected chi connectivity index (χ0v) is 18.5. The summed E-state index contributed by atoms with van der Waals surface area (Å²) >= 11 is 0. The second-order valence-corrected chi connectivity index (χ2v) is 8.43. The minimum absolute atomic E-state index is 0.0792. The van der Waals surface area contributed by atoms with Crippen molar-refractivity contribution in [3.05, 3.63) is 58.7 Å². The van der Waals surface area contributed by atoms with Gasteiger partial charge < -0.3 is 19.1 Å². The van der Waals surface area contributed by atoms with Crippen LogP contribution in [0.1, 0.15) is 61.9 Å². The molecule has 0 bridgehead atoms. The van der Waals surface area contributed by atoms with Crippen LogP contribution in [0.3, 0.4) is 0 Å². The molecule has 0 radical (unpaired) electrons. The van der Waals surface area contributed by atoms with E-state index in [2.05, 4.69) is 0 Å². The number of methoxy groups -OCH3 is 1. The van der Waals surface area contributed by atoms with Crippen LogP contribution in [0.15, 0.2) is 36.4 Å². The number of hydrogen-bond acceptors (Lipinski definition) is 6. The molecule has 3 aliphatic rings. The summed E-state index contributed by atoms with van der Waals surface area (Å²) in [7, 11) is 1.58. The number of rotatable bonds is 6. The van der Waals surface area contributed by atoms with Crippen LogP contribution in [0.4, 0.5) is 0 Å². The Bertz CT molecular complexity index is 1110. The zero-order chi connectivity index (χ0) is 22.9. The molecule has 8 nitrogen and oxygen atoms in total. The van der Waals surface area contributed by atoms with Crippen LogP contribution in [0.25, 0.3) is 0 Å². The Morgan fingerprint density at radius 1 is 1.03 bits per heavy atom. The monoisotopic (exact) mass is 450 g/mol. The molecule has 2 aromatic carbocycles. The Kier molecular flexibility index (Phi) is 5.76. The molecule has 0 saturated carbocycles. The topological polar surface area (TPSA) is 85.4 Å². The maximum absolute atomic E-state index is 13.4. The lowest BCUT2D eigenvalue weighted by atomic mass is 10.0. The van der Waals surface area contributed by atoms with E-state index in [1.807, 2.05) is 23.1 Å². The Morgan fingerprint density at radius 2 is 1.82 bits per heavy atom. The molecule has 0 unspecified atom stereocenters. The van der Waals surface area contributed by atoms with Crippen molar-refractivity contribution in [1.29, 1.82) is 0 Å². The van der Waals surface area contributed by atoms with Gasteiger partial charge in [-0.1, -0.05) is 6.07 Å². The number of nitrogens with zero attached hydrogens (tertiary/aromatic N) is 2. The minimum atomic E-state index is -0.356. The lowest BCUT2D eigenvalue weighted by molar-refractivity contribution is 0.0638. The van der Waals surface area contributed by atoms with E-state index in [4.69, 9.17) is 14.2 Å². The van der Waals surface area contributed by atoms with Crippen LogP contribution in [-0.2, 0) is 4.74 Å². The van der Waals surface area contributed by atoms with Gasteiger partial charge in [-0.25, -0.2) is 0 Å². The second kappa shape index (κ2) is 8.86. The molecule has 1 fully saturated rings. The standard InChI is InChI=1S/C25H26N2O6/c1-31-11-3-10-27-24(29)18-7-5-17(14-19(18)25(27)30)23(28)26-9-2-4-20(26)16-6-8-21-22(15-16)33-13-12-32-21/h5-8,14-15,20H,2-4,9-13H2,1H3/t20-/m1/s1. The lowest BCUT2D eigenvalue weighted by Gasteiger charge is -2.27. The van der Waals surface area contributed by atoms with Gasteiger partial charge in [0.05, 0.1) is 17.2 Å². The van der Waals surface area contributed by atoms with Crippen LogP contribution >= 0.6 is 0 Å². The molecule has 1 atom stereocenters. The van der Waals surface area contributed by atoms with Gasteiger partial charge in [0.25, 0.3) is 17.7 Å². The average Bonchev–Trinajstić information content (AvgIpc) is 3.43.